The average Bonchev–Trinajstić information content (AvgIpc) is 2.88. The van der Waals surface area contributed by atoms with Gasteiger partial charge in [0.1, 0.15) is 12.1 Å². The molecule has 0 atom stereocenters. The molecule has 37 heavy (non-hydrogen) atoms. The lowest BCUT2D eigenvalue weighted by Crippen LogP contribution is -2.34. The summed E-state index contributed by atoms with van der Waals surface area (Å²) in [5, 5.41) is 5.69. The van der Waals surface area contributed by atoms with Crippen molar-refractivity contribution in [1.82, 2.24) is 15.3 Å². The van der Waals surface area contributed by atoms with Crippen molar-refractivity contribution in [2.45, 2.75) is 6.18 Å². The van der Waals surface area contributed by atoms with E-state index in [0.717, 1.165) is 18.2 Å². The van der Waals surface area contributed by atoms with Crippen molar-refractivity contribution in [2.75, 3.05) is 19.5 Å². The summed E-state index contributed by atoms with van der Waals surface area (Å²) in [6.45, 7) is 0. The van der Waals surface area contributed by atoms with E-state index in [1.165, 1.54) is 26.6 Å². The fourth-order valence-corrected chi connectivity index (χ4v) is 3.54. The first-order valence-electron chi connectivity index (χ1n) is 10.6. The van der Waals surface area contributed by atoms with Crippen LogP contribution >= 0.6 is 12.2 Å². The third-order valence-corrected chi connectivity index (χ3v) is 5.31. The topological polar surface area (TPSA) is 94.6 Å². The lowest BCUT2D eigenvalue weighted by molar-refractivity contribution is -0.137. The molecular weight excluding hydrogens is 509 g/mol. The number of thiocarbonyl (C=S) groups is 1. The van der Waals surface area contributed by atoms with Gasteiger partial charge in [0, 0.05) is 17.3 Å². The number of alkyl halides is 3. The van der Waals surface area contributed by atoms with Gasteiger partial charge in [-0.2, -0.15) is 13.2 Å². The summed E-state index contributed by atoms with van der Waals surface area (Å²) in [6.07, 6.45) is -3.19. The van der Waals surface area contributed by atoms with Crippen LogP contribution in [0.5, 0.6) is 23.1 Å². The van der Waals surface area contributed by atoms with E-state index in [1.807, 2.05) is 0 Å². The molecule has 12 heteroatoms. The molecule has 3 aromatic carbocycles. The number of nitrogens with zero attached hydrogens (tertiary/aromatic N) is 2. The van der Waals surface area contributed by atoms with Gasteiger partial charge in [0.05, 0.1) is 30.7 Å². The number of hydrogen-bond donors (Lipinski definition) is 2. The first kappa shape index (κ1) is 25.6. The average molecular weight is 529 g/mol. The van der Waals surface area contributed by atoms with Crippen LogP contribution in [0, 0.1) is 0 Å². The van der Waals surface area contributed by atoms with Crippen LogP contribution in [0.4, 0.5) is 18.9 Å². The molecule has 0 saturated heterocycles. The van der Waals surface area contributed by atoms with Crippen LogP contribution in [0.2, 0.25) is 0 Å². The Morgan fingerprint density at radius 3 is 2.32 bits per heavy atom. The quantitative estimate of drug-likeness (QED) is 0.313. The van der Waals surface area contributed by atoms with Crippen LogP contribution in [-0.2, 0) is 6.18 Å². The van der Waals surface area contributed by atoms with Gasteiger partial charge in [-0.25, -0.2) is 9.97 Å². The largest absolute Gasteiger partial charge is 0.493 e. The number of carbonyl (C=O) groups is 1. The molecule has 0 aliphatic carbocycles. The maximum absolute atomic E-state index is 12.9. The van der Waals surface area contributed by atoms with Crippen LogP contribution in [0.15, 0.2) is 67.0 Å². The summed E-state index contributed by atoms with van der Waals surface area (Å²) in [7, 11) is 3.05. The van der Waals surface area contributed by atoms with Gasteiger partial charge in [0.15, 0.2) is 16.6 Å². The number of nitrogens with one attached hydrogen (secondary N) is 2. The summed E-state index contributed by atoms with van der Waals surface area (Å²) in [6, 6.07) is 14.1. The summed E-state index contributed by atoms with van der Waals surface area (Å²) >= 11 is 5.12. The molecule has 0 bridgehead atoms. The number of rotatable bonds is 6. The standard InChI is InChI=1S/C25H19F3N4O4S/c1-34-20-11-18-19(12-21(20)35-2)29-13-30-23(18)36-17-8-6-16(7-9-17)31-24(37)32-22(33)14-4-3-5-15(10-14)25(26,27)28/h3-13H,1-2H3,(H2,31,32,33,37). The third kappa shape index (κ3) is 6.04. The fourth-order valence-electron chi connectivity index (χ4n) is 3.33. The maximum atomic E-state index is 12.9. The molecule has 0 saturated carbocycles. The predicted octanol–water partition coefficient (Wildman–Crippen LogP) is 5.58. The second-order valence-corrected chi connectivity index (χ2v) is 7.92. The number of carbonyl (C=O) groups excluding carboxylic acids is 1. The molecule has 0 aliphatic rings. The van der Waals surface area contributed by atoms with Crippen LogP contribution < -0.4 is 24.8 Å². The molecule has 1 heterocycles. The zero-order valence-corrected chi connectivity index (χ0v) is 20.2. The van der Waals surface area contributed by atoms with Crippen LogP contribution in [0.25, 0.3) is 10.9 Å². The van der Waals surface area contributed by atoms with E-state index < -0.39 is 17.6 Å². The third-order valence-electron chi connectivity index (χ3n) is 5.11. The molecule has 0 spiro atoms. The Bertz CT molecular complexity index is 1460. The first-order valence-corrected chi connectivity index (χ1v) is 11.0. The Labute approximate surface area is 214 Å². The molecule has 0 unspecified atom stereocenters. The Morgan fingerprint density at radius 2 is 1.65 bits per heavy atom. The number of halogens is 3. The Morgan fingerprint density at radius 1 is 0.946 bits per heavy atom. The van der Waals surface area contributed by atoms with Crippen LogP contribution in [0.1, 0.15) is 15.9 Å². The minimum absolute atomic E-state index is 0.0843. The highest BCUT2D eigenvalue weighted by molar-refractivity contribution is 7.80. The van der Waals surface area contributed by atoms with E-state index >= 15 is 0 Å². The second kappa shape index (κ2) is 10.7. The van der Waals surface area contributed by atoms with Gasteiger partial charge in [0.25, 0.3) is 5.91 Å². The van der Waals surface area contributed by atoms with E-state index in [4.69, 9.17) is 26.4 Å². The number of fused-ring (bicyclic) bond motifs is 1. The number of anilines is 1. The second-order valence-electron chi connectivity index (χ2n) is 7.52. The number of hydrogen-bond acceptors (Lipinski definition) is 7. The molecule has 2 N–H and O–H groups in total. The SMILES string of the molecule is COc1cc2ncnc(Oc3ccc(NC(=S)NC(=O)c4cccc(C(F)(F)F)c4)cc3)c2cc1OC. The minimum atomic E-state index is -4.56. The van der Waals surface area contributed by atoms with Gasteiger partial charge in [-0.05, 0) is 60.7 Å². The summed E-state index contributed by atoms with van der Waals surface area (Å²) in [5.41, 5.74) is 0.0150. The zero-order valence-electron chi connectivity index (χ0n) is 19.4. The Hall–Kier alpha value is -4.45. The highest BCUT2D eigenvalue weighted by Gasteiger charge is 2.31. The van der Waals surface area contributed by atoms with Gasteiger partial charge < -0.3 is 19.5 Å². The lowest BCUT2D eigenvalue weighted by Gasteiger charge is -2.13. The van der Waals surface area contributed by atoms with E-state index in [-0.39, 0.29) is 10.7 Å². The normalized spacial score (nSPS) is 11.1. The molecule has 4 rings (SSSR count). The van der Waals surface area contributed by atoms with Crippen molar-refractivity contribution >= 4 is 39.8 Å². The molecule has 1 amide bonds. The van der Waals surface area contributed by atoms with Gasteiger partial charge in [0.2, 0.25) is 5.88 Å². The predicted molar refractivity (Wildman–Crippen MR) is 134 cm³/mol. The van der Waals surface area contributed by atoms with E-state index in [2.05, 4.69) is 20.6 Å². The molecule has 8 nitrogen and oxygen atoms in total. The number of amides is 1. The highest BCUT2D eigenvalue weighted by Crippen LogP contribution is 2.36. The van der Waals surface area contributed by atoms with Crippen molar-refractivity contribution in [3.8, 4) is 23.1 Å². The highest BCUT2D eigenvalue weighted by atomic mass is 32.1. The van der Waals surface area contributed by atoms with Gasteiger partial charge in [-0.3, -0.25) is 10.1 Å². The van der Waals surface area contributed by atoms with Crippen LogP contribution in [0.3, 0.4) is 0 Å². The van der Waals surface area contributed by atoms with E-state index in [1.54, 1.807) is 36.4 Å². The number of methoxy groups -OCH3 is 2. The van der Waals surface area contributed by atoms with E-state index in [0.29, 0.717) is 39.7 Å². The number of aromatic nitrogens is 2. The maximum Gasteiger partial charge on any atom is 0.416 e. The molecule has 0 fully saturated rings. The number of benzene rings is 3. The van der Waals surface area contributed by atoms with Gasteiger partial charge >= 0.3 is 6.18 Å². The zero-order chi connectivity index (χ0) is 26.6. The summed E-state index contributed by atoms with van der Waals surface area (Å²) in [4.78, 5) is 20.8. The van der Waals surface area contributed by atoms with E-state index in [9.17, 15) is 18.0 Å². The molecule has 190 valence electrons. The van der Waals surface area contributed by atoms with Crippen molar-refractivity contribution in [3.63, 3.8) is 0 Å². The smallest absolute Gasteiger partial charge is 0.416 e. The minimum Gasteiger partial charge on any atom is -0.493 e. The molecule has 4 aromatic rings. The molecule has 0 radical (unpaired) electrons. The van der Waals surface area contributed by atoms with Gasteiger partial charge in [-0.15, -0.1) is 0 Å². The fraction of sp³-hybridized carbons (Fsp3) is 0.120. The summed E-state index contributed by atoms with van der Waals surface area (Å²) in [5.74, 6) is 1.00. The Kier molecular flexibility index (Phi) is 7.39. The van der Waals surface area contributed by atoms with Crippen molar-refractivity contribution in [3.05, 3.63) is 78.1 Å². The monoisotopic (exact) mass is 528 g/mol. The van der Waals surface area contributed by atoms with Crippen molar-refractivity contribution < 1.29 is 32.2 Å². The molecule has 1 aromatic heterocycles. The molecular formula is C25H19F3N4O4S. The first-order chi connectivity index (χ1) is 17.7. The lowest BCUT2D eigenvalue weighted by atomic mass is 10.1. The van der Waals surface area contributed by atoms with Gasteiger partial charge in [-0.1, -0.05) is 6.07 Å². The summed E-state index contributed by atoms with van der Waals surface area (Å²) < 4.78 is 55.2. The van der Waals surface area contributed by atoms with Crippen molar-refractivity contribution in [2.24, 2.45) is 0 Å². The number of ether oxygens (including phenoxy) is 3. The molecule has 0 aliphatic heterocycles. The Balaban J connectivity index is 1.43. The van der Waals surface area contributed by atoms with Crippen LogP contribution in [-0.4, -0.2) is 35.2 Å². The van der Waals surface area contributed by atoms with Crippen molar-refractivity contribution in [1.29, 1.82) is 0 Å².